The average Bonchev–Trinajstić information content (AvgIpc) is 3.52. The zero-order chi connectivity index (χ0) is 29.6. The summed E-state index contributed by atoms with van der Waals surface area (Å²) in [4.78, 5) is 21.8. The Morgan fingerprint density at radius 3 is 2.67 bits per heavy atom. The normalized spacial score (nSPS) is 26.1. The van der Waals surface area contributed by atoms with Gasteiger partial charge in [-0.25, -0.2) is 24.9 Å². The number of aliphatic hydroxyl groups is 1. The summed E-state index contributed by atoms with van der Waals surface area (Å²) >= 11 is 1.59. The average molecular weight is 595 g/mol. The predicted octanol–water partition coefficient (Wildman–Crippen LogP) is 3.81. The molecule has 3 N–H and O–H groups in total. The minimum absolute atomic E-state index is 0.192. The molecule has 12 nitrogen and oxygen atoms in total. The van der Waals surface area contributed by atoms with Gasteiger partial charge in [-0.2, -0.15) is 5.10 Å². The van der Waals surface area contributed by atoms with E-state index in [1.807, 2.05) is 55.5 Å². The Bertz CT molecular complexity index is 1570. The summed E-state index contributed by atoms with van der Waals surface area (Å²) in [7, 11) is 0. The van der Waals surface area contributed by atoms with Crippen LogP contribution in [0, 0.1) is 13.8 Å². The van der Waals surface area contributed by atoms with E-state index in [0.717, 1.165) is 26.5 Å². The number of nitrogens with zero attached hydrogens (tertiary/aromatic N) is 4. The van der Waals surface area contributed by atoms with E-state index in [1.54, 1.807) is 43.7 Å². The Balaban J connectivity index is 1.32. The molecule has 2 fully saturated rings. The highest BCUT2D eigenvalue weighted by molar-refractivity contribution is 7.18. The SMILES string of the molecule is Cc1nc([C@@H]2O[C@@H]3COC(c4ccccc4)O[C@@H]3[C@H](NNC(=O)OC(C)(C)C)[C@H]2O)n(-c2ccc3nc(C)sc3c2)n1. The van der Waals surface area contributed by atoms with Crippen molar-refractivity contribution in [1.82, 2.24) is 30.6 Å². The van der Waals surface area contributed by atoms with Crippen molar-refractivity contribution < 1.29 is 28.8 Å². The van der Waals surface area contributed by atoms with Crippen molar-refractivity contribution in [1.29, 1.82) is 0 Å². The van der Waals surface area contributed by atoms with Crippen LogP contribution >= 0.6 is 11.3 Å². The van der Waals surface area contributed by atoms with Crippen LogP contribution in [0.5, 0.6) is 0 Å². The van der Waals surface area contributed by atoms with Crippen molar-refractivity contribution in [3.8, 4) is 5.69 Å². The maximum atomic E-state index is 12.6. The van der Waals surface area contributed by atoms with E-state index >= 15 is 0 Å². The predicted molar refractivity (Wildman–Crippen MR) is 154 cm³/mol. The first-order valence-corrected chi connectivity index (χ1v) is 14.6. The summed E-state index contributed by atoms with van der Waals surface area (Å²) in [5.74, 6) is 0.925. The highest BCUT2D eigenvalue weighted by atomic mass is 32.1. The van der Waals surface area contributed by atoms with Crippen LogP contribution in [0.25, 0.3) is 15.9 Å². The summed E-state index contributed by atoms with van der Waals surface area (Å²) in [5, 5.41) is 17.4. The molecule has 1 unspecified atom stereocenters. The van der Waals surface area contributed by atoms with E-state index in [9.17, 15) is 9.90 Å². The Kier molecular flexibility index (Phi) is 7.72. The fraction of sp³-hybridized carbons (Fsp3) is 0.448. The molecule has 0 aliphatic carbocycles. The highest BCUT2D eigenvalue weighted by Crippen LogP contribution is 2.39. The number of hydrogen-bond donors (Lipinski definition) is 3. The number of hydrazine groups is 1. The van der Waals surface area contributed by atoms with Gasteiger partial charge in [-0.1, -0.05) is 30.3 Å². The molecular formula is C29H34N6O6S. The monoisotopic (exact) mass is 594 g/mol. The smallest absolute Gasteiger partial charge is 0.422 e. The molecule has 2 aromatic heterocycles. The van der Waals surface area contributed by atoms with Gasteiger partial charge in [-0.3, -0.25) is 5.43 Å². The Hall–Kier alpha value is -3.46. The van der Waals surface area contributed by atoms with Crippen LogP contribution in [-0.2, 0) is 18.9 Å². The molecule has 0 spiro atoms. The van der Waals surface area contributed by atoms with Gasteiger partial charge >= 0.3 is 6.09 Å². The van der Waals surface area contributed by atoms with Crippen LogP contribution in [0.3, 0.4) is 0 Å². The number of ether oxygens (including phenoxy) is 4. The van der Waals surface area contributed by atoms with Crippen LogP contribution in [0.15, 0.2) is 48.5 Å². The molecule has 6 atom stereocenters. The van der Waals surface area contributed by atoms with Crippen molar-refractivity contribution >= 4 is 27.6 Å². The number of nitrogens with one attached hydrogen (secondary N) is 2. The summed E-state index contributed by atoms with van der Waals surface area (Å²) in [5.41, 5.74) is 7.32. The standard InChI is InChI=1S/C29H34N6O6S/c1-15-30-26(35(34-15)18-11-12-19-21(13-18)42-16(2)31-19)25-23(36)22(32-33-28(37)41-29(3,4)5)24-20(39-25)14-38-27(40-24)17-9-7-6-8-10-17/h6-13,20,22-25,27,32,36H,14H2,1-5H3,(H,33,37)/t20-,22-,23-,24+,25-,27?/m1/s1. The number of aryl methyl sites for hydroxylation is 2. The van der Waals surface area contributed by atoms with Crippen molar-refractivity contribution in [2.45, 2.75) is 77.0 Å². The third kappa shape index (κ3) is 5.89. The summed E-state index contributed by atoms with van der Waals surface area (Å²) in [6, 6.07) is 14.5. The molecular weight excluding hydrogens is 560 g/mol. The Morgan fingerprint density at radius 1 is 1.12 bits per heavy atom. The van der Waals surface area contributed by atoms with Gasteiger partial charge < -0.3 is 24.1 Å². The molecule has 0 saturated carbocycles. The van der Waals surface area contributed by atoms with Gasteiger partial charge in [0.15, 0.2) is 12.1 Å². The number of benzene rings is 2. The van der Waals surface area contributed by atoms with E-state index in [0.29, 0.717) is 11.6 Å². The van der Waals surface area contributed by atoms with Crippen molar-refractivity contribution in [3.63, 3.8) is 0 Å². The topological polar surface area (TPSA) is 142 Å². The lowest BCUT2D eigenvalue weighted by molar-refractivity contribution is -0.313. The Morgan fingerprint density at radius 2 is 1.90 bits per heavy atom. The highest BCUT2D eigenvalue weighted by Gasteiger charge is 2.51. The van der Waals surface area contributed by atoms with Gasteiger partial charge in [-0.05, 0) is 52.8 Å². The second-order valence-electron chi connectivity index (χ2n) is 11.4. The van der Waals surface area contributed by atoms with Gasteiger partial charge in [0.1, 0.15) is 35.8 Å². The van der Waals surface area contributed by atoms with Crippen LogP contribution in [-0.4, -0.2) is 67.5 Å². The number of aliphatic hydroxyl groups excluding tert-OH is 1. The van der Waals surface area contributed by atoms with Gasteiger partial charge in [0.05, 0.1) is 33.6 Å². The minimum atomic E-state index is -1.20. The van der Waals surface area contributed by atoms with E-state index in [-0.39, 0.29) is 6.61 Å². The lowest BCUT2D eigenvalue weighted by atomic mass is 9.91. The molecule has 42 heavy (non-hydrogen) atoms. The van der Waals surface area contributed by atoms with Crippen LogP contribution in [0.2, 0.25) is 0 Å². The van der Waals surface area contributed by atoms with E-state index in [2.05, 4.69) is 25.9 Å². The van der Waals surface area contributed by atoms with E-state index in [1.165, 1.54) is 0 Å². The molecule has 4 aromatic rings. The first kappa shape index (κ1) is 28.6. The van der Waals surface area contributed by atoms with Crippen LogP contribution in [0.1, 0.15) is 55.4 Å². The molecule has 2 aromatic carbocycles. The number of rotatable bonds is 5. The van der Waals surface area contributed by atoms with Gasteiger partial charge in [-0.15, -0.1) is 11.3 Å². The number of aromatic nitrogens is 4. The number of fused-ring (bicyclic) bond motifs is 2. The molecule has 13 heteroatoms. The maximum Gasteiger partial charge on any atom is 0.422 e. The van der Waals surface area contributed by atoms with Gasteiger partial charge in [0, 0.05) is 5.56 Å². The minimum Gasteiger partial charge on any atom is -0.443 e. The number of hydrogen-bond acceptors (Lipinski definition) is 11. The second kappa shape index (κ2) is 11.3. The number of amides is 1. The largest absolute Gasteiger partial charge is 0.443 e. The molecule has 1 amide bonds. The molecule has 222 valence electrons. The molecule has 4 heterocycles. The molecule has 0 bridgehead atoms. The van der Waals surface area contributed by atoms with Crippen molar-refractivity contribution in [3.05, 3.63) is 70.8 Å². The zero-order valence-electron chi connectivity index (χ0n) is 24.0. The Labute approximate surface area is 246 Å². The fourth-order valence-corrected chi connectivity index (χ4v) is 6.07. The van der Waals surface area contributed by atoms with Crippen molar-refractivity contribution in [2.75, 3.05) is 6.61 Å². The van der Waals surface area contributed by atoms with Crippen molar-refractivity contribution in [2.24, 2.45) is 0 Å². The van der Waals surface area contributed by atoms with E-state index < -0.39 is 48.4 Å². The number of carbonyl (C=O) groups is 1. The van der Waals surface area contributed by atoms with Crippen LogP contribution in [0.4, 0.5) is 4.79 Å². The molecule has 2 aliphatic rings. The van der Waals surface area contributed by atoms with E-state index in [4.69, 9.17) is 18.9 Å². The molecule has 0 radical (unpaired) electrons. The second-order valence-corrected chi connectivity index (χ2v) is 12.6. The van der Waals surface area contributed by atoms with Gasteiger partial charge in [0.2, 0.25) is 0 Å². The molecule has 2 aliphatic heterocycles. The third-order valence-corrected chi connectivity index (χ3v) is 7.87. The van der Waals surface area contributed by atoms with Crippen LogP contribution < -0.4 is 10.9 Å². The molecule has 6 rings (SSSR count). The first-order chi connectivity index (χ1) is 20.1. The fourth-order valence-electron chi connectivity index (χ4n) is 5.21. The summed E-state index contributed by atoms with van der Waals surface area (Å²) in [6.07, 6.45) is -4.76. The maximum absolute atomic E-state index is 12.6. The lowest BCUT2D eigenvalue weighted by Crippen LogP contribution is -2.66. The summed E-state index contributed by atoms with van der Waals surface area (Å²) < 4.78 is 26.9. The lowest BCUT2D eigenvalue weighted by Gasteiger charge is -2.48. The quantitative estimate of drug-likeness (QED) is 0.292. The number of thiazole rings is 1. The van der Waals surface area contributed by atoms with Gasteiger partial charge in [0.25, 0.3) is 0 Å². The molecule has 2 saturated heterocycles. The zero-order valence-corrected chi connectivity index (χ0v) is 24.8. The third-order valence-electron chi connectivity index (χ3n) is 6.94. The number of carbonyl (C=O) groups excluding carboxylic acids is 1. The summed E-state index contributed by atoms with van der Waals surface area (Å²) in [6.45, 7) is 9.26. The first-order valence-electron chi connectivity index (χ1n) is 13.8.